The first kappa shape index (κ1) is 11.8. The number of aryl methyl sites for hydroxylation is 2. The molecule has 0 aliphatic rings. The summed E-state index contributed by atoms with van der Waals surface area (Å²) in [4.78, 5) is 19.8. The fourth-order valence-electron chi connectivity index (χ4n) is 1.36. The predicted octanol–water partition coefficient (Wildman–Crippen LogP) is 2.70. The summed E-state index contributed by atoms with van der Waals surface area (Å²) in [5.41, 5.74) is 1.42. The van der Waals surface area contributed by atoms with Crippen LogP contribution in [0.4, 0.5) is 5.82 Å². The van der Waals surface area contributed by atoms with Gasteiger partial charge in [-0.1, -0.05) is 0 Å². The summed E-state index contributed by atoms with van der Waals surface area (Å²) in [5, 5.41) is 2.68. The van der Waals surface area contributed by atoms with Crippen LogP contribution < -0.4 is 5.32 Å². The number of anilines is 1. The van der Waals surface area contributed by atoms with Crippen LogP contribution in [0.25, 0.3) is 0 Å². The summed E-state index contributed by atoms with van der Waals surface area (Å²) in [6.07, 6.45) is 2.86. The number of hydrogen-bond donors (Lipinski definition) is 1. The molecule has 0 aliphatic heterocycles. The Hall–Kier alpha value is -1.69. The molecule has 0 aromatic carbocycles. The molecule has 5 nitrogen and oxygen atoms in total. The van der Waals surface area contributed by atoms with Crippen molar-refractivity contribution in [1.82, 2.24) is 9.97 Å². The molecule has 2 aromatic heterocycles. The monoisotopic (exact) mass is 295 g/mol. The van der Waals surface area contributed by atoms with Crippen LogP contribution in [0, 0.1) is 13.8 Å². The first-order valence-corrected chi connectivity index (χ1v) is 5.71. The van der Waals surface area contributed by atoms with E-state index in [-0.39, 0.29) is 11.7 Å². The summed E-state index contributed by atoms with van der Waals surface area (Å²) in [7, 11) is 0. The van der Waals surface area contributed by atoms with Gasteiger partial charge in [-0.25, -0.2) is 9.97 Å². The minimum absolute atomic E-state index is 0.203. The second kappa shape index (κ2) is 4.67. The molecule has 2 heterocycles. The highest BCUT2D eigenvalue weighted by Gasteiger charge is 2.15. The van der Waals surface area contributed by atoms with Crippen molar-refractivity contribution in [3.63, 3.8) is 0 Å². The number of hydrogen-bond acceptors (Lipinski definition) is 4. The molecule has 2 aromatic rings. The van der Waals surface area contributed by atoms with E-state index in [2.05, 4.69) is 31.2 Å². The van der Waals surface area contributed by atoms with Crippen molar-refractivity contribution in [3.05, 3.63) is 40.1 Å². The van der Waals surface area contributed by atoms with Gasteiger partial charge in [0.15, 0.2) is 6.39 Å². The molecule has 0 atom stereocenters. The first-order valence-electron chi connectivity index (χ1n) is 4.91. The molecule has 0 radical (unpaired) electrons. The molecule has 6 heteroatoms. The van der Waals surface area contributed by atoms with Gasteiger partial charge in [0.2, 0.25) is 5.76 Å². The van der Waals surface area contributed by atoms with Crippen LogP contribution in [0.15, 0.2) is 27.5 Å². The van der Waals surface area contributed by atoms with E-state index in [0.29, 0.717) is 11.5 Å². The molecule has 0 bridgehead atoms. The van der Waals surface area contributed by atoms with E-state index in [1.165, 1.54) is 6.39 Å². The Morgan fingerprint density at radius 3 is 2.76 bits per heavy atom. The van der Waals surface area contributed by atoms with Crippen LogP contribution in [-0.4, -0.2) is 15.9 Å². The highest BCUT2D eigenvalue weighted by atomic mass is 79.9. The Morgan fingerprint density at radius 2 is 2.18 bits per heavy atom. The van der Waals surface area contributed by atoms with Gasteiger partial charge in [0.25, 0.3) is 5.91 Å². The molecular weight excluding hydrogens is 286 g/mol. The Morgan fingerprint density at radius 1 is 1.41 bits per heavy atom. The van der Waals surface area contributed by atoms with Crippen molar-refractivity contribution in [2.75, 3.05) is 5.32 Å². The molecule has 0 aliphatic carbocycles. The first-order chi connectivity index (χ1) is 8.08. The van der Waals surface area contributed by atoms with Gasteiger partial charge in [-0.3, -0.25) is 4.79 Å². The number of pyridine rings is 1. The second-order valence-electron chi connectivity index (χ2n) is 3.54. The molecule has 17 heavy (non-hydrogen) atoms. The fourth-order valence-corrected chi connectivity index (χ4v) is 1.80. The quantitative estimate of drug-likeness (QED) is 0.925. The number of carbonyl (C=O) groups excluding carboxylic acids is 1. The zero-order valence-corrected chi connectivity index (χ0v) is 10.9. The van der Waals surface area contributed by atoms with Crippen LogP contribution in [0.3, 0.4) is 0 Å². The fraction of sp³-hybridized carbons (Fsp3) is 0.182. The number of nitrogens with one attached hydrogen (secondary N) is 1. The maximum Gasteiger partial charge on any atom is 0.294 e. The highest BCUT2D eigenvalue weighted by molar-refractivity contribution is 9.10. The van der Waals surface area contributed by atoms with Gasteiger partial charge in [0, 0.05) is 10.7 Å². The van der Waals surface area contributed by atoms with Crippen molar-refractivity contribution in [2.45, 2.75) is 13.8 Å². The van der Waals surface area contributed by atoms with Crippen LogP contribution in [0.5, 0.6) is 0 Å². The highest BCUT2D eigenvalue weighted by Crippen LogP contribution is 2.17. The Labute approximate surface area is 106 Å². The van der Waals surface area contributed by atoms with Gasteiger partial charge in [-0.2, -0.15) is 0 Å². The largest absolute Gasteiger partial charge is 0.438 e. The molecule has 0 unspecified atom stereocenters. The molecule has 0 spiro atoms. The van der Waals surface area contributed by atoms with E-state index in [1.54, 1.807) is 13.1 Å². The lowest BCUT2D eigenvalue weighted by Crippen LogP contribution is -2.14. The van der Waals surface area contributed by atoms with Crippen molar-refractivity contribution in [1.29, 1.82) is 0 Å². The van der Waals surface area contributed by atoms with E-state index in [9.17, 15) is 4.79 Å². The summed E-state index contributed by atoms with van der Waals surface area (Å²) in [5.74, 6) is 0.362. The van der Waals surface area contributed by atoms with Crippen molar-refractivity contribution in [2.24, 2.45) is 0 Å². The van der Waals surface area contributed by atoms with Gasteiger partial charge in [0.05, 0.1) is 5.69 Å². The number of rotatable bonds is 2. The molecule has 2 rings (SSSR count). The molecule has 0 saturated heterocycles. The molecular formula is C11H10BrN3O2. The lowest BCUT2D eigenvalue weighted by Gasteiger charge is -2.06. The second-order valence-corrected chi connectivity index (χ2v) is 4.46. The van der Waals surface area contributed by atoms with Crippen LogP contribution in [-0.2, 0) is 0 Å². The van der Waals surface area contributed by atoms with Crippen LogP contribution in [0.1, 0.15) is 21.8 Å². The van der Waals surface area contributed by atoms with Crippen molar-refractivity contribution in [3.8, 4) is 0 Å². The van der Waals surface area contributed by atoms with Crippen molar-refractivity contribution < 1.29 is 9.21 Å². The molecule has 88 valence electrons. The normalized spacial score (nSPS) is 10.3. The zero-order chi connectivity index (χ0) is 12.4. The lowest BCUT2D eigenvalue weighted by molar-refractivity contribution is 0.0995. The number of amides is 1. The van der Waals surface area contributed by atoms with Crippen molar-refractivity contribution >= 4 is 27.7 Å². The maximum absolute atomic E-state index is 11.8. The van der Waals surface area contributed by atoms with Gasteiger partial charge in [-0.05, 0) is 41.4 Å². The Bertz CT molecular complexity index is 566. The SMILES string of the molecule is Cc1cc(Br)cnc1NC(=O)c1ocnc1C. The number of halogens is 1. The molecule has 0 saturated carbocycles. The third kappa shape index (κ3) is 2.52. The summed E-state index contributed by atoms with van der Waals surface area (Å²) >= 11 is 3.31. The van der Waals surface area contributed by atoms with E-state index in [1.807, 2.05) is 13.0 Å². The number of oxazole rings is 1. The predicted molar refractivity (Wildman–Crippen MR) is 65.9 cm³/mol. The Kier molecular flexibility index (Phi) is 3.23. The van der Waals surface area contributed by atoms with Gasteiger partial charge in [-0.15, -0.1) is 0 Å². The van der Waals surface area contributed by atoms with Crippen LogP contribution >= 0.6 is 15.9 Å². The van der Waals surface area contributed by atoms with Gasteiger partial charge < -0.3 is 9.73 Å². The number of nitrogens with zero attached hydrogens (tertiary/aromatic N) is 2. The average Bonchev–Trinajstić information content (AvgIpc) is 2.68. The smallest absolute Gasteiger partial charge is 0.294 e. The maximum atomic E-state index is 11.8. The van der Waals surface area contributed by atoms with Gasteiger partial charge in [0.1, 0.15) is 5.82 Å². The summed E-state index contributed by atoms with van der Waals surface area (Å²) in [6.45, 7) is 3.57. The van der Waals surface area contributed by atoms with Gasteiger partial charge >= 0.3 is 0 Å². The third-order valence-corrected chi connectivity index (χ3v) is 2.66. The molecule has 1 amide bonds. The molecule has 1 N–H and O–H groups in total. The van der Waals surface area contributed by atoms with Crippen LogP contribution in [0.2, 0.25) is 0 Å². The average molecular weight is 296 g/mol. The number of aromatic nitrogens is 2. The van der Waals surface area contributed by atoms with E-state index >= 15 is 0 Å². The van der Waals surface area contributed by atoms with E-state index in [4.69, 9.17) is 4.42 Å². The van der Waals surface area contributed by atoms with E-state index in [0.717, 1.165) is 10.0 Å². The third-order valence-electron chi connectivity index (χ3n) is 2.23. The zero-order valence-electron chi connectivity index (χ0n) is 9.32. The summed E-state index contributed by atoms with van der Waals surface area (Å²) in [6, 6.07) is 1.87. The standard InChI is InChI=1S/C11H10BrN3O2/c1-6-3-8(12)4-13-10(6)15-11(16)9-7(2)14-5-17-9/h3-5H,1-2H3,(H,13,15,16). The topological polar surface area (TPSA) is 68.0 Å². The Balaban J connectivity index is 2.22. The summed E-state index contributed by atoms with van der Waals surface area (Å²) < 4.78 is 5.87. The molecule has 0 fully saturated rings. The van der Waals surface area contributed by atoms with E-state index < -0.39 is 0 Å². The lowest BCUT2D eigenvalue weighted by atomic mass is 10.3. The number of carbonyl (C=O) groups is 1. The minimum atomic E-state index is -0.349. The minimum Gasteiger partial charge on any atom is -0.438 e.